The smallest absolute Gasteiger partial charge is 0.339 e. The van der Waals surface area contributed by atoms with Gasteiger partial charge in [0.15, 0.2) is 5.92 Å². The van der Waals surface area contributed by atoms with E-state index in [0.717, 1.165) is 6.21 Å². The number of esters is 3. The third-order valence-corrected chi connectivity index (χ3v) is 3.45. The lowest BCUT2D eigenvalue weighted by Gasteiger charge is -2.15. The summed E-state index contributed by atoms with van der Waals surface area (Å²) in [6.07, 6.45) is 0.290. The molecule has 0 aromatic heterocycles. The maximum absolute atomic E-state index is 12.2. The summed E-state index contributed by atoms with van der Waals surface area (Å²) in [7, 11) is 0. The molecular formula is C19H24ClNO6. The Bertz CT molecular complexity index is 692. The van der Waals surface area contributed by atoms with E-state index in [1.165, 1.54) is 6.07 Å². The van der Waals surface area contributed by atoms with E-state index in [9.17, 15) is 14.4 Å². The van der Waals surface area contributed by atoms with E-state index < -0.39 is 36.0 Å². The number of halogens is 1. The van der Waals surface area contributed by atoms with Crippen LogP contribution in [0.25, 0.3) is 0 Å². The number of aliphatic imine (C=N–C) groups is 1. The summed E-state index contributed by atoms with van der Waals surface area (Å²) in [6, 6.07) is 4.61. The summed E-state index contributed by atoms with van der Waals surface area (Å²) in [5.41, 5.74) is 0.348. The van der Waals surface area contributed by atoms with Crippen molar-refractivity contribution in [1.29, 1.82) is 0 Å². The number of rotatable bonds is 8. The highest BCUT2D eigenvalue weighted by Crippen LogP contribution is 2.29. The SMILES string of the molecule is CCOC(=O)c1cccc(N=CC(C(=O)OC(C)C)C(=O)OC(C)C)c1Cl. The molecule has 0 unspecified atom stereocenters. The Labute approximate surface area is 163 Å². The second kappa shape index (κ2) is 10.7. The van der Waals surface area contributed by atoms with Gasteiger partial charge in [0.25, 0.3) is 0 Å². The van der Waals surface area contributed by atoms with Crippen molar-refractivity contribution in [1.82, 2.24) is 0 Å². The molecule has 0 fully saturated rings. The van der Waals surface area contributed by atoms with Crippen LogP contribution >= 0.6 is 11.6 Å². The minimum atomic E-state index is -1.35. The highest BCUT2D eigenvalue weighted by atomic mass is 35.5. The molecular weight excluding hydrogens is 374 g/mol. The first kappa shape index (κ1) is 22.6. The monoisotopic (exact) mass is 397 g/mol. The van der Waals surface area contributed by atoms with Crippen molar-refractivity contribution in [3.05, 3.63) is 28.8 Å². The van der Waals surface area contributed by atoms with Crippen LogP contribution in [0.15, 0.2) is 23.2 Å². The van der Waals surface area contributed by atoms with Crippen molar-refractivity contribution in [2.45, 2.75) is 46.8 Å². The first-order chi connectivity index (χ1) is 12.7. The fourth-order valence-electron chi connectivity index (χ4n) is 1.97. The van der Waals surface area contributed by atoms with E-state index in [4.69, 9.17) is 25.8 Å². The standard InChI is InChI=1S/C19H24ClNO6/c1-6-25-17(22)13-8-7-9-15(16(13)20)21-10-14(18(23)26-11(2)3)19(24)27-12(4)5/h7-12,14H,6H2,1-5H3. The van der Waals surface area contributed by atoms with Crippen LogP contribution < -0.4 is 0 Å². The maximum atomic E-state index is 12.2. The fraction of sp³-hybridized carbons (Fsp3) is 0.474. The number of nitrogens with zero attached hydrogens (tertiary/aromatic N) is 1. The van der Waals surface area contributed by atoms with Gasteiger partial charge >= 0.3 is 17.9 Å². The van der Waals surface area contributed by atoms with Crippen LogP contribution in [0.1, 0.15) is 45.0 Å². The zero-order chi connectivity index (χ0) is 20.6. The van der Waals surface area contributed by atoms with Crippen molar-refractivity contribution in [3.8, 4) is 0 Å². The topological polar surface area (TPSA) is 91.3 Å². The van der Waals surface area contributed by atoms with Gasteiger partial charge in [-0.3, -0.25) is 14.6 Å². The van der Waals surface area contributed by atoms with E-state index in [0.29, 0.717) is 0 Å². The molecule has 8 heteroatoms. The Hall–Kier alpha value is -2.41. The second-order valence-electron chi connectivity index (χ2n) is 6.09. The van der Waals surface area contributed by atoms with Gasteiger partial charge in [0, 0.05) is 6.21 Å². The number of benzene rings is 1. The molecule has 1 rings (SSSR count). The van der Waals surface area contributed by atoms with Gasteiger partial charge in [0.05, 0.1) is 35.1 Å². The van der Waals surface area contributed by atoms with Gasteiger partial charge < -0.3 is 14.2 Å². The van der Waals surface area contributed by atoms with Crippen molar-refractivity contribution in [3.63, 3.8) is 0 Å². The highest BCUT2D eigenvalue weighted by molar-refractivity contribution is 6.36. The Kier molecular flexibility index (Phi) is 8.94. The molecule has 0 radical (unpaired) electrons. The van der Waals surface area contributed by atoms with Gasteiger partial charge in [-0.1, -0.05) is 17.7 Å². The molecule has 0 N–H and O–H groups in total. The summed E-state index contributed by atoms with van der Waals surface area (Å²) in [4.78, 5) is 40.5. The number of carbonyl (C=O) groups excluding carboxylic acids is 3. The van der Waals surface area contributed by atoms with E-state index in [2.05, 4.69) is 4.99 Å². The first-order valence-electron chi connectivity index (χ1n) is 8.58. The molecule has 148 valence electrons. The zero-order valence-electron chi connectivity index (χ0n) is 16.0. The van der Waals surface area contributed by atoms with Crippen molar-refractivity contribution < 1.29 is 28.6 Å². The Morgan fingerprint density at radius 1 is 1.07 bits per heavy atom. The zero-order valence-corrected chi connectivity index (χ0v) is 16.8. The molecule has 0 aliphatic heterocycles. The minimum Gasteiger partial charge on any atom is -0.462 e. The average Bonchev–Trinajstić information content (AvgIpc) is 2.55. The largest absolute Gasteiger partial charge is 0.462 e. The Morgan fingerprint density at radius 2 is 1.63 bits per heavy atom. The number of carbonyl (C=O) groups is 3. The third-order valence-electron chi connectivity index (χ3n) is 3.05. The number of ether oxygens (including phenoxy) is 3. The van der Waals surface area contributed by atoms with Crippen LogP contribution in [-0.2, 0) is 23.8 Å². The lowest BCUT2D eigenvalue weighted by Crippen LogP contribution is -2.32. The molecule has 0 spiro atoms. The molecule has 0 bridgehead atoms. The van der Waals surface area contributed by atoms with Crippen molar-refractivity contribution in [2.75, 3.05) is 6.61 Å². The highest BCUT2D eigenvalue weighted by Gasteiger charge is 2.29. The summed E-state index contributed by atoms with van der Waals surface area (Å²) in [5.74, 6) is -3.50. The van der Waals surface area contributed by atoms with Crippen LogP contribution in [-0.4, -0.2) is 42.9 Å². The first-order valence-corrected chi connectivity index (χ1v) is 8.95. The summed E-state index contributed by atoms with van der Waals surface area (Å²) < 4.78 is 15.1. The molecule has 7 nitrogen and oxygen atoms in total. The summed E-state index contributed by atoms with van der Waals surface area (Å²) in [6.45, 7) is 8.55. The second-order valence-corrected chi connectivity index (χ2v) is 6.46. The maximum Gasteiger partial charge on any atom is 0.339 e. The quantitative estimate of drug-likeness (QED) is 0.287. The minimum absolute atomic E-state index is 0.0559. The van der Waals surface area contributed by atoms with Gasteiger partial charge in [-0.2, -0.15) is 0 Å². The average molecular weight is 398 g/mol. The van der Waals surface area contributed by atoms with Gasteiger partial charge in [-0.05, 0) is 46.8 Å². The van der Waals surface area contributed by atoms with Gasteiger partial charge in [0.2, 0.25) is 0 Å². The molecule has 0 saturated heterocycles. The molecule has 0 aliphatic carbocycles. The molecule has 0 atom stereocenters. The molecule has 0 heterocycles. The van der Waals surface area contributed by atoms with Gasteiger partial charge in [-0.15, -0.1) is 0 Å². The van der Waals surface area contributed by atoms with Crippen LogP contribution in [0.5, 0.6) is 0 Å². The number of hydrogen-bond donors (Lipinski definition) is 0. The van der Waals surface area contributed by atoms with Crippen LogP contribution in [0.2, 0.25) is 5.02 Å². The molecule has 1 aromatic rings. The predicted molar refractivity (Wildman–Crippen MR) is 102 cm³/mol. The Balaban J connectivity index is 3.15. The third kappa shape index (κ3) is 7.02. The van der Waals surface area contributed by atoms with Gasteiger partial charge in [0.1, 0.15) is 0 Å². The lowest BCUT2D eigenvalue weighted by molar-refractivity contribution is -0.162. The van der Waals surface area contributed by atoms with Gasteiger partial charge in [-0.25, -0.2) is 4.79 Å². The van der Waals surface area contributed by atoms with E-state index >= 15 is 0 Å². The fourth-order valence-corrected chi connectivity index (χ4v) is 2.22. The Morgan fingerprint density at radius 3 is 2.11 bits per heavy atom. The summed E-state index contributed by atoms with van der Waals surface area (Å²) >= 11 is 6.20. The van der Waals surface area contributed by atoms with E-state index in [-0.39, 0.29) is 22.9 Å². The molecule has 27 heavy (non-hydrogen) atoms. The van der Waals surface area contributed by atoms with Crippen LogP contribution in [0.3, 0.4) is 0 Å². The van der Waals surface area contributed by atoms with Crippen LogP contribution in [0, 0.1) is 5.92 Å². The lowest BCUT2D eigenvalue weighted by atomic mass is 10.1. The normalized spacial score (nSPS) is 11.3. The van der Waals surface area contributed by atoms with Crippen LogP contribution in [0.4, 0.5) is 5.69 Å². The van der Waals surface area contributed by atoms with Crippen molar-refractivity contribution >= 4 is 41.4 Å². The number of hydrogen-bond acceptors (Lipinski definition) is 7. The van der Waals surface area contributed by atoms with E-state index in [1.807, 2.05) is 0 Å². The predicted octanol–water partition coefficient (Wildman–Crippen LogP) is 3.74. The molecule has 0 aliphatic rings. The molecule has 1 aromatic carbocycles. The molecule has 0 saturated carbocycles. The van der Waals surface area contributed by atoms with Crippen molar-refractivity contribution in [2.24, 2.45) is 10.9 Å². The van der Waals surface area contributed by atoms with E-state index in [1.54, 1.807) is 46.8 Å². The molecule has 0 amide bonds. The summed E-state index contributed by atoms with van der Waals surface area (Å²) in [5, 5.41) is 0.0559.